The number of halogens is 2. The lowest BCUT2D eigenvalue weighted by atomic mass is 10.0. The predicted molar refractivity (Wildman–Crippen MR) is 299 cm³/mol. The first-order valence-corrected chi connectivity index (χ1v) is 25.1. The standard InChI is InChI=1S/C25H24ClN5O2.C16H17N3O.C9H11BrO.C7H7N3/c1-16-19(3-5-24(31-16)28-8-9-32)14-30-25(33)18-6-7-27-22(13-18)11-17-2-4-23-20(10-17)12-21(26)15-29-23;1-13-15(17-2)8-9-16(19-13)18-10-11-20-12-14-6-4-3-5-7-14;10-6-7-11-8-9-4-2-1-3-5-9;1-5-6(9-2)3-4-7(8)10-5/h2-7,10,12-13,15,32H,8-9,11,14H2,1H3,(H,28,31)(H,30,33);3-9H,10-12H2,1H3,(H,18,19);1-5H,6-8H2;3-4H,1H3,(H2,8,10). The fraction of sp³-hybridized carbons (Fsp3) is 0.228. The highest BCUT2D eigenvalue weighted by Crippen LogP contribution is 2.21. The molecule has 0 radical (unpaired) electrons. The van der Waals surface area contributed by atoms with E-state index in [1.165, 1.54) is 11.1 Å². The van der Waals surface area contributed by atoms with Crippen LogP contribution >= 0.6 is 27.5 Å². The molecule has 0 saturated carbocycles. The molecule has 15 nitrogen and oxygen atoms in total. The quantitative estimate of drug-likeness (QED) is 0.0311. The van der Waals surface area contributed by atoms with E-state index in [1.54, 1.807) is 43.6 Å². The van der Waals surface area contributed by atoms with E-state index in [1.807, 2.05) is 111 Å². The third-order valence-corrected chi connectivity index (χ3v) is 11.1. The average Bonchev–Trinajstić information content (AvgIpc) is 3.41. The Morgan fingerprint density at radius 1 is 0.703 bits per heavy atom. The zero-order chi connectivity index (χ0) is 52.9. The highest BCUT2D eigenvalue weighted by Gasteiger charge is 2.10. The molecule has 0 aliphatic rings. The zero-order valence-electron chi connectivity index (χ0n) is 41.6. The Labute approximate surface area is 446 Å². The summed E-state index contributed by atoms with van der Waals surface area (Å²) in [6.45, 7) is 23.4. The Kier molecular flexibility index (Phi) is 24.4. The largest absolute Gasteiger partial charge is 0.395 e. The van der Waals surface area contributed by atoms with E-state index in [4.69, 9.17) is 45.1 Å². The number of aryl methyl sites for hydroxylation is 3. The molecule has 0 saturated heterocycles. The zero-order valence-corrected chi connectivity index (χ0v) is 43.9. The molecule has 6 N–H and O–H groups in total. The average molecular weight is 1080 g/mol. The van der Waals surface area contributed by atoms with Crippen molar-refractivity contribution in [2.75, 3.05) is 54.6 Å². The Bertz CT molecular complexity index is 3100. The molecule has 0 atom stereocenters. The first kappa shape index (κ1) is 57.1. The third-order valence-electron chi connectivity index (χ3n) is 10.6. The molecule has 5 heterocycles. The van der Waals surface area contributed by atoms with Crippen molar-refractivity contribution in [1.29, 1.82) is 0 Å². The topological polar surface area (TPSA) is 191 Å². The van der Waals surface area contributed by atoms with Crippen LogP contribution in [0.4, 0.5) is 28.8 Å². The molecule has 0 aliphatic heterocycles. The van der Waals surface area contributed by atoms with Crippen LogP contribution in [0.25, 0.3) is 20.6 Å². The minimum absolute atomic E-state index is 0.0406. The first-order valence-electron chi connectivity index (χ1n) is 23.6. The van der Waals surface area contributed by atoms with Gasteiger partial charge in [0.15, 0.2) is 0 Å². The molecule has 0 bridgehead atoms. The number of aliphatic hydroxyl groups excluding tert-OH is 1. The Morgan fingerprint density at radius 3 is 1.95 bits per heavy atom. The van der Waals surface area contributed by atoms with Crippen LogP contribution in [0.1, 0.15) is 55.4 Å². The van der Waals surface area contributed by atoms with Crippen molar-refractivity contribution in [2.45, 2.75) is 47.0 Å². The lowest BCUT2D eigenvalue weighted by molar-refractivity contribution is 0.0950. The number of nitrogens with two attached hydrogens (primary N) is 1. The molecule has 74 heavy (non-hydrogen) atoms. The van der Waals surface area contributed by atoms with Gasteiger partial charge >= 0.3 is 0 Å². The maximum Gasteiger partial charge on any atom is 0.251 e. The van der Waals surface area contributed by atoms with E-state index >= 15 is 0 Å². The van der Waals surface area contributed by atoms with Crippen LogP contribution in [0.3, 0.4) is 0 Å². The minimum Gasteiger partial charge on any atom is -0.395 e. The lowest BCUT2D eigenvalue weighted by Crippen LogP contribution is -2.23. The number of benzene rings is 3. The number of carbonyl (C=O) groups excluding carboxylic acids is 1. The van der Waals surface area contributed by atoms with Gasteiger partial charge in [-0.15, -0.1) is 0 Å². The molecule has 3 aromatic carbocycles. The summed E-state index contributed by atoms with van der Waals surface area (Å²) in [6, 6.07) is 42.3. The molecule has 0 aliphatic carbocycles. The number of aromatic nitrogens is 5. The molecule has 0 fully saturated rings. The second-order valence-electron chi connectivity index (χ2n) is 16.2. The summed E-state index contributed by atoms with van der Waals surface area (Å²) in [5.74, 6) is 1.76. The SMILES string of the molecule is BrCCOCc1ccccc1.Cc1nc(NCCO)ccc1CNC(=O)c1ccnc(Cc2ccc3ncc(Cl)cc3c2)c1.[C-]#[N+]c1ccc(N)nc1C.[C-]#[N+]c1ccc(NCCOCc2ccccc2)nc1C. The smallest absolute Gasteiger partial charge is 0.251 e. The highest BCUT2D eigenvalue weighted by atomic mass is 79.9. The Balaban J connectivity index is 0.000000208. The van der Waals surface area contributed by atoms with Crippen LogP contribution in [0, 0.1) is 33.9 Å². The normalized spacial score (nSPS) is 10.2. The van der Waals surface area contributed by atoms with Crippen LogP contribution in [-0.2, 0) is 35.7 Å². The first-order chi connectivity index (χ1) is 36.0. The van der Waals surface area contributed by atoms with Crippen molar-refractivity contribution < 1.29 is 19.4 Å². The number of nitrogens with one attached hydrogen (secondary N) is 3. The van der Waals surface area contributed by atoms with E-state index < -0.39 is 0 Å². The van der Waals surface area contributed by atoms with Gasteiger partial charge in [-0.05, 0) is 91.6 Å². The van der Waals surface area contributed by atoms with Gasteiger partial charge in [0.25, 0.3) is 5.91 Å². The van der Waals surface area contributed by atoms with Crippen molar-refractivity contribution in [2.24, 2.45) is 0 Å². The summed E-state index contributed by atoms with van der Waals surface area (Å²) in [4.78, 5) is 40.8. The van der Waals surface area contributed by atoms with Gasteiger partial charge in [-0.3, -0.25) is 14.8 Å². The van der Waals surface area contributed by atoms with Gasteiger partial charge in [-0.1, -0.05) is 112 Å². The Morgan fingerprint density at radius 2 is 1.32 bits per heavy atom. The number of hydrogen-bond donors (Lipinski definition) is 5. The lowest BCUT2D eigenvalue weighted by Gasteiger charge is -2.11. The number of fused-ring (bicyclic) bond motifs is 1. The van der Waals surface area contributed by atoms with E-state index in [0.29, 0.717) is 85.2 Å². The number of aliphatic hydroxyl groups is 1. The van der Waals surface area contributed by atoms with Crippen molar-refractivity contribution in [3.05, 3.63) is 224 Å². The number of hydrogen-bond acceptors (Lipinski definition) is 12. The van der Waals surface area contributed by atoms with Crippen LogP contribution in [0.15, 0.2) is 146 Å². The molecule has 5 aromatic heterocycles. The maximum atomic E-state index is 12.7. The summed E-state index contributed by atoms with van der Waals surface area (Å²) in [5, 5.41) is 20.5. The number of amides is 1. The van der Waals surface area contributed by atoms with E-state index in [0.717, 1.165) is 56.9 Å². The van der Waals surface area contributed by atoms with Crippen molar-refractivity contribution >= 4 is 73.2 Å². The number of rotatable bonds is 18. The van der Waals surface area contributed by atoms with Crippen LogP contribution < -0.4 is 21.7 Å². The molecular formula is C57H59BrClN11O4. The second kappa shape index (κ2) is 31.6. The van der Waals surface area contributed by atoms with Gasteiger partial charge in [-0.25, -0.2) is 24.6 Å². The molecule has 8 rings (SSSR count). The third kappa shape index (κ3) is 20.0. The molecule has 0 unspecified atom stereocenters. The monoisotopic (exact) mass is 1080 g/mol. The van der Waals surface area contributed by atoms with Crippen molar-refractivity contribution in [1.82, 2.24) is 30.2 Å². The summed E-state index contributed by atoms with van der Waals surface area (Å²) >= 11 is 9.36. The van der Waals surface area contributed by atoms with Crippen LogP contribution in [0.5, 0.6) is 0 Å². The van der Waals surface area contributed by atoms with Crippen LogP contribution in [0.2, 0.25) is 5.02 Å². The summed E-state index contributed by atoms with van der Waals surface area (Å²) in [6.07, 6.45) is 3.88. The number of alkyl halides is 1. The molecule has 17 heteroatoms. The fourth-order valence-corrected chi connectivity index (χ4v) is 7.22. The number of pyridine rings is 5. The van der Waals surface area contributed by atoms with E-state index in [-0.39, 0.29) is 12.5 Å². The number of nitrogens with zero attached hydrogens (tertiary/aromatic N) is 7. The Hall–Kier alpha value is -7.83. The summed E-state index contributed by atoms with van der Waals surface area (Å²) in [7, 11) is 0. The number of nitrogen functional groups attached to an aromatic ring is 1. The molecule has 0 spiro atoms. The van der Waals surface area contributed by atoms with E-state index in [2.05, 4.69) is 78.6 Å². The van der Waals surface area contributed by atoms with Crippen LogP contribution in [-0.4, -0.2) is 74.2 Å². The number of anilines is 3. The fourth-order valence-electron chi connectivity index (χ4n) is 6.82. The summed E-state index contributed by atoms with van der Waals surface area (Å²) in [5.41, 5.74) is 15.4. The minimum atomic E-state index is -0.171. The molecular weight excluding hydrogens is 1020 g/mol. The molecule has 1 amide bonds. The molecule has 380 valence electrons. The van der Waals surface area contributed by atoms with Gasteiger partial charge in [0.2, 0.25) is 11.4 Å². The van der Waals surface area contributed by atoms with Gasteiger partial charge in [0.05, 0.1) is 56.7 Å². The second-order valence-corrected chi connectivity index (χ2v) is 17.5. The van der Waals surface area contributed by atoms with Gasteiger partial charge in [0, 0.05) is 77.5 Å². The van der Waals surface area contributed by atoms with Crippen molar-refractivity contribution in [3.63, 3.8) is 0 Å². The molecule has 8 aromatic rings. The predicted octanol–water partition coefficient (Wildman–Crippen LogP) is 11.6. The van der Waals surface area contributed by atoms with Gasteiger partial charge < -0.3 is 36.3 Å². The number of ether oxygens (including phenoxy) is 2. The van der Waals surface area contributed by atoms with Gasteiger partial charge in [-0.2, -0.15) is 0 Å². The van der Waals surface area contributed by atoms with Gasteiger partial charge in [0.1, 0.15) is 17.5 Å². The maximum absolute atomic E-state index is 12.7. The van der Waals surface area contributed by atoms with Crippen molar-refractivity contribution in [3.8, 4) is 0 Å². The summed E-state index contributed by atoms with van der Waals surface area (Å²) < 4.78 is 10.9. The van der Waals surface area contributed by atoms with E-state index in [9.17, 15) is 4.79 Å². The number of carbonyl (C=O) groups is 1. The highest BCUT2D eigenvalue weighted by molar-refractivity contribution is 9.09.